The topological polar surface area (TPSA) is 36.7 Å². The van der Waals surface area contributed by atoms with Crippen molar-refractivity contribution in [3.05, 3.63) is 59.5 Å². The van der Waals surface area contributed by atoms with E-state index in [1.807, 2.05) is 0 Å². The first-order valence-electron chi connectivity index (χ1n) is 9.50. The summed E-state index contributed by atoms with van der Waals surface area (Å²) in [6, 6.07) is 8.89. The lowest BCUT2D eigenvalue weighted by Gasteiger charge is -2.34. The molecule has 1 aromatic carbocycles. The first-order chi connectivity index (χ1) is 13.3. The van der Waals surface area contributed by atoms with Crippen LogP contribution in [0.1, 0.15) is 34.5 Å². The Labute approximate surface area is 162 Å². The molecular formula is C21H25F3N2O2. The number of benzene rings is 1. The quantitative estimate of drug-likeness (QED) is 0.732. The Bertz CT molecular complexity index is 774. The minimum atomic E-state index is -4.31. The van der Waals surface area contributed by atoms with Gasteiger partial charge < -0.3 is 14.2 Å². The predicted octanol–water partition coefficient (Wildman–Crippen LogP) is 4.33. The maximum atomic E-state index is 12.9. The molecule has 28 heavy (non-hydrogen) atoms. The van der Waals surface area contributed by atoms with Crippen LogP contribution in [0.4, 0.5) is 13.2 Å². The molecule has 1 fully saturated rings. The first kappa shape index (κ1) is 20.5. The van der Waals surface area contributed by atoms with Crippen LogP contribution in [0.5, 0.6) is 0 Å². The van der Waals surface area contributed by atoms with Crippen molar-refractivity contribution in [2.45, 2.75) is 25.4 Å². The number of furan rings is 1. The molecule has 0 saturated carbocycles. The highest BCUT2D eigenvalue weighted by Gasteiger charge is 2.30. The molecule has 1 atom stereocenters. The van der Waals surface area contributed by atoms with Crippen molar-refractivity contribution in [3.63, 3.8) is 0 Å². The third-order valence-electron chi connectivity index (χ3n) is 5.18. The van der Waals surface area contributed by atoms with E-state index in [-0.39, 0.29) is 5.91 Å². The SMILES string of the molecule is CN(C[C@@H]1CCCN(CCc2cccc(C(F)(F)F)c2)C1)C(=O)c1ccco1. The number of hydrogen-bond acceptors (Lipinski definition) is 3. The summed E-state index contributed by atoms with van der Waals surface area (Å²) in [6.07, 6.45) is -0.182. The van der Waals surface area contributed by atoms with E-state index < -0.39 is 11.7 Å². The molecule has 1 aromatic heterocycles. The molecule has 7 heteroatoms. The molecule has 2 heterocycles. The number of likely N-dealkylation sites (tertiary alicyclic amines) is 1. The van der Waals surface area contributed by atoms with Crippen LogP contribution >= 0.6 is 0 Å². The third-order valence-corrected chi connectivity index (χ3v) is 5.18. The Morgan fingerprint density at radius 1 is 1.29 bits per heavy atom. The lowest BCUT2D eigenvalue weighted by Crippen LogP contribution is -2.42. The minimum absolute atomic E-state index is 0.133. The molecule has 0 N–H and O–H groups in total. The fourth-order valence-electron chi connectivity index (χ4n) is 3.75. The van der Waals surface area contributed by atoms with Gasteiger partial charge in [-0.2, -0.15) is 13.2 Å². The lowest BCUT2D eigenvalue weighted by atomic mass is 9.97. The van der Waals surface area contributed by atoms with Gasteiger partial charge in [0.2, 0.25) is 0 Å². The van der Waals surface area contributed by atoms with E-state index in [9.17, 15) is 18.0 Å². The smallest absolute Gasteiger partial charge is 0.416 e. The van der Waals surface area contributed by atoms with Crippen LogP contribution < -0.4 is 0 Å². The van der Waals surface area contributed by atoms with Gasteiger partial charge in [0.1, 0.15) is 0 Å². The molecular weight excluding hydrogens is 369 g/mol. The molecule has 1 saturated heterocycles. The average molecular weight is 394 g/mol. The summed E-state index contributed by atoms with van der Waals surface area (Å²) in [6.45, 7) is 3.13. The van der Waals surface area contributed by atoms with Crippen LogP contribution in [-0.2, 0) is 12.6 Å². The molecule has 0 unspecified atom stereocenters. The van der Waals surface area contributed by atoms with Gasteiger partial charge in [0, 0.05) is 26.7 Å². The van der Waals surface area contributed by atoms with Gasteiger partial charge in [-0.05, 0) is 55.5 Å². The van der Waals surface area contributed by atoms with Crippen LogP contribution in [0.2, 0.25) is 0 Å². The summed E-state index contributed by atoms with van der Waals surface area (Å²) in [5.74, 6) is 0.546. The first-order valence-corrected chi connectivity index (χ1v) is 9.50. The highest BCUT2D eigenvalue weighted by Crippen LogP contribution is 2.29. The summed E-state index contributed by atoms with van der Waals surface area (Å²) in [4.78, 5) is 16.3. The van der Waals surface area contributed by atoms with Crippen LogP contribution in [0.15, 0.2) is 47.1 Å². The largest absolute Gasteiger partial charge is 0.459 e. The summed E-state index contributed by atoms with van der Waals surface area (Å²) >= 11 is 0. The number of hydrogen-bond donors (Lipinski definition) is 0. The zero-order valence-electron chi connectivity index (χ0n) is 15.9. The minimum Gasteiger partial charge on any atom is -0.459 e. The maximum absolute atomic E-state index is 12.9. The van der Waals surface area contributed by atoms with Gasteiger partial charge in [-0.1, -0.05) is 18.2 Å². The molecule has 152 valence electrons. The lowest BCUT2D eigenvalue weighted by molar-refractivity contribution is -0.137. The summed E-state index contributed by atoms with van der Waals surface area (Å²) < 4.78 is 43.7. The van der Waals surface area contributed by atoms with Gasteiger partial charge in [0.25, 0.3) is 5.91 Å². The van der Waals surface area contributed by atoms with Gasteiger partial charge in [0.15, 0.2) is 5.76 Å². The molecule has 1 amide bonds. The maximum Gasteiger partial charge on any atom is 0.416 e. The predicted molar refractivity (Wildman–Crippen MR) is 100.0 cm³/mol. The zero-order valence-corrected chi connectivity index (χ0v) is 15.9. The Morgan fingerprint density at radius 3 is 2.82 bits per heavy atom. The van der Waals surface area contributed by atoms with Crippen LogP contribution in [0, 0.1) is 5.92 Å². The van der Waals surface area contributed by atoms with E-state index in [1.54, 1.807) is 30.1 Å². The van der Waals surface area contributed by atoms with Gasteiger partial charge in [-0.15, -0.1) is 0 Å². The molecule has 0 spiro atoms. The van der Waals surface area contributed by atoms with Crippen molar-refractivity contribution in [2.75, 3.05) is 33.2 Å². The second-order valence-corrected chi connectivity index (χ2v) is 7.42. The normalized spacial score (nSPS) is 18.2. The fraction of sp³-hybridized carbons (Fsp3) is 0.476. The van der Waals surface area contributed by atoms with Gasteiger partial charge in [-0.25, -0.2) is 0 Å². The molecule has 3 rings (SSSR count). The number of amides is 1. The number of halogens is 3. The number of carbonyl (C=O) groups is 1. The average Bonchev–Trinajstić information content (AvgIpc) is 3.20. The second kappa shape index (κ2) is 8.82. The zero-order chi connectivity index (χ0) is 20.1. The number of alkyl halides is 3. The Balaban J connectivity index is 1.50. The van der Waals surface area contributed by atoms with E-state index in [2.05, 4.69) is 4.90 Å². The van der Waals surface area contributed by atoms with Crippen LogP contribution in [0.3, 0.4) is 0 Å². The highest BCUT2D eigenvalue weighted by atomic mass is 19.4. The van der Waals surface area contributed by atoms with Crippen molar-refractivity contribution in [1.29, 1.82) is 0 Å². The van der Waals surface area contributed by atoms with Crippen molar-refractivity contribution in [1.82, 2.24) is 9.80 Å². The molecule has 4 nitrogen and oxygen atoms in total. The van der Waals surface area contributed by atoms with Crippen molar-refractivity contribution < 1.29 is 22.4 Å². The Hall–Kier alpha value is -2.28. The molecule has 0 radical (unpaired) electrons. The standard InChI is InChI=1S/C21H25F3N2O2/c1-25(20(27)19-8-4-12-28-19)14-17-6-3-10-26(15-17)11-9-16-5-2-7-18(13-16)21(22,23)24/h2,4-5,7-8,12-13,17H,3,6,9-11,14-15H2,1H3/t17-/m0/s1. The van der Waals surface area contributed by atoms with Gasteiger partial charge >= 0.3 is 6.18 Å². The van der Waals surface area contributed by atoms with E-state index in [1.165, 1.54) is 18.4 Å². The molecule has 0 bridgehead atoms. The highest BCUT2D eigenvalue weighted by molar-refractivity contribution is 5.91. The molecule has 2 aromatic rings. The summed E-state index contributed by atoms with van der Waals surface area (Å²) in [5, 5.41) is 0. The van der Waals surface area contributed by atoms with E-state index in [0.717, 1.165) is 32.0 Å². The number of piperidine rings is 1. The number of carbonyl (C=O) groups excluding carboxylic acids is 1. The van der Waals surface area contributed by atoms with Crippen molar-refractivity contribution in [3.8, 4) is 0 Å². The number of nitrogens with zero attached hydrogens (tertiary/aromatic N) is 2. The van der Waals surface area contributed by atoms with E-state index in [4.69, 9.17) is 4.42 Å². The van der Waals surface area contributed by atoms with Crippen molar-refractivity contribution in [2.24, 2.45) is 5.92 Å². The van der Waals surface area contributed by atoms with E-state index in [0.29, 0.717) is 36.8 Å². The molecule has 0 aliphatic carbocycles. The van der Waals surface area contributed by atoms with Gasteiger partial charge in [0.05, 0.1) is 11.8 Å². The summed E-state index contributed by atoms with van der Waals surface area (Å²) in [5.41, 5.74) is 0.0987. The number of rotatable bonds is 6. The molecule has 1 aliphatic rings. The Kier molecular flexibility index (Phi) is 6.44. The second-order valence-electron chi connectivity index (χ2n) is 7.42. The third kappa shape index (κ3) is 5.38. The Morgan fingerprint density at radius 2 is 2.11 bits per heavy atom. The van der Waals surface area contributed by atoms with Crippen LogP contribution in [0.25, 0.3) is 0 Å². The van der Waals surface area contributed by atoms with Crippen LogP contribution in [-0.4, -0.2) is 48.9 Å². The van der Waals surface area contributed by atoms with Gasteiger partial charge in [-0.3, -0.25) is 4.79 Å². The van der Waals surface area contributed by atoms with E-state index >= 15 is 0 Å². The van der Waals surface area contributed by atoms with Crippen molar-refractivity contribution >= 4 is 5.91 Å². The monoisotopic (exact) mass is 394 g/mol. The fourth-order valence-corrected chi connectivity index (χ4v) is 3.75. The molecule has 1 aliphatic heterocycles. The summed E-state index contributed by atoms with van der Waals surface area (Å²) in [7, 11) is 1.77.